The molecule has 0 saturated carbocycles. The first kappa shape index (κ1) is 17.7. The van der Waals surface area contributed by atoms with Crippen molar-refractivity contribution >= 4 is 20.2 Å². The van der Waals surface area contributed by atoms with E-state index in [1.54, 1.807) is 0 Å². The lowest BCUT2D eigenvalue weighted by Crippen LogP contribution is -2.48. The van der Waals surface area contributed by atoms with E-state index in [-0.39, 0.29) is 6.42 Å². The van der Waals surface area contributed by atoms with Crippen LogP contribution in [0.15, 0.2) is 0 Å². The normalized spacial score (nSPS) is 13.8. The van der Waals surface area contributed by atoms with Gasteiger partial charge < -0.3 is 5.73 Å². The third-order valence-electron chi connectivity index (χ3n) is 1.81. The summed E-state index contributed by atoms with van der Waals surface area (Å²) in [5, 5.41) is 0. The van der Waals surface area contributed by atoms with Crippen molar-refractivity contribution in [2.24, 2.45) is 11.5 Å². The summed E-state index contributed by atoms with van der Waals surface area (Å²) in [4.78, 5) is 0. The first-order chi connectivity index (χ1) is 7.97. The van der Waals surface area contributed by atoms with E-state index in [1.165, 1.54) is 0 Å². The monoisotopic (exact) mass is 304 g/mol. The van der Waals surface area contributed by atoms with Gasteiger partial charge in [0.05, 0.1) is 12.5 Å². The average molecular weight is 304 g/mol. The van der Waals surface area contributed by atoms with E-state index >= 15 is 0 Å². The van der Waals surface area contributed by atoms with Crippen LogP contribution in [0.2, 0.25) is 0 Å². The third-order valence-corrected chi connectivity index (χ3v) is 2.98. The highest BCUT2D eigenvalue weighted by Gasteiger charge is 2.35. The molecule has 0 saturated heterocycles. The van der Waals surface area contributed by atoms with E-state index in [0.29, 0.717) is 25.8 Å². The predicted octanol–water partition coefficient (Wildman–Crippen LogP) is -0.930. The molecule has 0 aliphatic heterocycles. The van der Waals surface area contributed by atoms with Crippen LogP contribution in [0, 0.1) is 0 Å². The lowest BCUT2D eigenvalue weighted by Gasteiger charge is -2.26. The second-order valence-corrected chi connectivity index (χ2v) is 7.14. The summed E-state index contributed by atoms with van der Waals surface area (Å²) < 4.78 is 53.1. The van der Waals surface area contributed by atoms with Gasteiger partial charge in [-0.15, -0.1) is 0 Å². The largest absolute Gasteiger partial charge is 0.330 e. The molecule has 0 aromatic rings. The molecule has 18 heavy (non-hydrogen) atoms. The maximum atomic E-state index is 11.0. The van der Waals surface area contributed by atoms with Crippen LogP contribution in [0.5, 0.6) is 0 Å². The smallest absolute Gasteiger partial charge is 0.268 e. The summed E-state index contributed by atoms with van der Waals surface area (Å²) in [5.74, 6) is -2.20. The van der Waals surface area contributed by atoms with Crippen LogP contribution in [0.25, 0.3) is 0 Å². The van der Waals surface area contributed by atoms with Crippen LogP contribution < -0.4 is 11.5 Å². The number of unbranched alkanes of at least 4 members (excludes halogenated alkanes) is 2. The van der Waals surface area contributed by atoms with E-state index in [1.807, 2.05) is 0 Å². The van der Waals surface area contributed by atoms with Crippen molar-refractivity contribution in [3.63, 3.8) is 0 Å². The topological polar surface area (TPSA) is 139 Å². The quantitative estimate of drug-likeness (QED) is 0.316. The lowest BCUT2D eigenvalue weighted by atomic mass is 10.1. The predicted molar refractivity (Wildman–Crippen MR) is 66.3 cm³/mol. The molecular weight excluding hydrogens is 284 g/mol. The molecule has 0 rings (SSSR count). The van der Waals surface area contributed by atoms with Gasteiger partial charge in [0.25, 0.3) is 26.1 Å². The van der Waals surface area contributed by atoms with Gasteiger partial charge in [-0.05, 0) is 19.4 Å². The molecule has 0 unspecified atom stereocenters. The second kappa shape index (κ2) is 6.78. The Balaban J connectivity index is 4.70. The van der Waals surface area contributed by atoms with Crippen molar-refractivity contribution in [2.75, 3.05) is 19.1 Å². The summed E-state index contributed by atoms with van der Waals surface area (Å²) in [5.41, 5.74) is 10.8. The van der Waals surface area contributed by atoms with Gasteiger partial charge in [0, 0.05) is 6.42 Å². The highest BCUT2D eigenvalue weighted by atomic mass is 32.2. The minimum Gasteiger partial charge on any atom is -0.330 e. The van der Waals surface area contributed by atoms with Crippen molar-refractivity contribution in [1.82, 2.24) is 0 Å². The van der Waals surface area contributed by atoms with E-state index in [2.05, 4.69) is 8.37 Å². The fourth-order valence-electron chi connectivity index (χ4n) is 1.30. The van der Waals surface area contributed by atoms with Gasteiger partial charge in [-0.2, -0.15) is 16.8 Å². The van der Waals surface area contributed by atoms with Gasteiger partial charge in [0.1, 0.15) is 0 Å². The van der Waals surface area contributed by atoms with Gasteiger partial charge in [0.2, 0.25) is 0 Å². The Hall–Kier alpha value is -0.260. The fourth-order valence-corrected chi connectivity index (χ4v) is 2.60. The molecule has 110 valence electrons. The maximum Gasteiger partial charge on any atom is 0.268 e. The zero-order valence-electron chi connectivity index (χ0n) is 10.5. The highest BCUT2D eigenvalue weighted by molar-refractivity contribution is 7.86. The molecule has 8 nitrogen and oxygen atoms in total. The molecule has 0 atom stereocenters. The number of nitrogens with two attached hydrogens (primary N) is 2. The van der Waals surface area contributed by atoms with Gasteiger partial charge in [-0.1, -0.05) is 6.42 Å². The molecule has 4 N–H and O–H groups in total. The lowest BCUT2D eigenvalue weighted by molar-refractivity contribution is -0.105. The molecule has 0 heterocycles. The Morgan fingerprint density at radius 2 is 1.39 bits per heavy atom. The maximum absolute atomic E-state index is 11.0. The molecule has 0 spiro atoms. The Bertz CT molecular complexity index is 410. The van der Waals surface area contributed by atoms with E-state index in [0.717, 1.165) is 12.5 Å². The van der Waals surface area contributed by atoms with Crippen molar-refractivity contribution in [3.8, 4) is 0 Å². The fraction of sp³-hybridized carbons (Fsp3) is 1.00. The van der Waals surface area contributed by atoms with Crippen molar-refractivity contribution in [3.05, 3.63) is 0 Å². The number of hydrogen-bond acceptors (Lipinski definition) is 8. The standard InChI is InChI=1S/C8H20N2O6S2/c1-17(11,12)15-8(10,16-18(2,13)14)6-4-3-5-7-9/h3-7,9-10H2,1-2H3. The first-order valence-corrected chi connectivity index (χ1v) is 8.91. The summed E-state index contributed by atoms with van der Waals surface area (Å²) in [6, 6.07) is 0. The number of rotatable bonds is 9. The van der Waals surface area contributed by atoms with Crippen LogP contribution in [-0.4, -0.2) is 41.8 Å². The summed E-state index contributed by atoms with van der Waals surface area (Å²) in [6.07, 6.45) is 3.26. The molecule has 10 heteroatoms. The van der Waals surface area contributed by atoms with Crippen molar-refractivity contribution < 1.29 is 25.2 Å². The van der Waals surface area contributed by atoms with Crippen LogP contribution in [0.1, 0.15) is 25.7 Å². The van der Waals surface area contributed by atoms with Gasteiger partial charge >= 0.3 is 0 Å². The van der Waals surface area contributed by atoms with Gasteiger partial charge in [0.15, 0.2) is 0 Å². The summed E-state index contributed by atoms with van der Waals surface area (Å²) >= 11 is 0. The minimum atomic E-state index is -3.94. The Labute approximate surface area is 108 Å². The molecule has 0 radical (unpaired) electrons. The zero-order chi connectivity index (χ0) is 14.4. The zero-order valence-corrected chi connectivity index (χ0v) is 12.1. The average Bonchev–Trinajstić information content (AvgIpc) is 2.05. The summed E-state index contributed by atoms with van der Waals surface area (Å²) in [7, 11) is -7.87. The first-order valence-electron chi connectivity index (χ1n) is 5.28. The third kappa shape index (κ3) is 9.74. The van der Waals surface area contributed by atoms with Crippen molar-refractivity contribution in [1.29, 1.82) is 0 Å². The van der Waals surface area contributed by atoms with E-state index in [4.69, 9.17) is 11.5 Å². The molecular formula is C8H20N2O6S2. The molecule has 0 bridgehead atoms. The van der Waals surface area contributed by atoms with Crippen LogP contribution in [0.3, 0.4) is 0 Å². The SMILES string of the molecule is CS(=O)(=O)OC(N)(CCCCCN)OS(C)(=O)=O. The Morgan fingerprint density at radius 3 is 1.72 bits per heavy atom. The molecule has 0 aromatic heterocycles. The van der Waals surface area contributed by atoms with E-state index < -0.39 is 26.1 Å². The van der Waals surface area contributed by atoms with Crippen LogP contribution in [-0.2, 0) is 28.6 Å². The Morgan fingerprint density at radius 1 is 0.944 bits per heavy atom. The van der Waals surface area contributed by atoms with E-state index in [9.17, 15) is 16.8 Å². The number of hydrogen-bond donors (Lipinski definition) is 2. The minimum absolute atomic E-state index is 0.0763. The summed E-state index contributed by atoms with van der Waals surface area (Å²) in [6.45, 7) is 0.484. The molecule has 0 fully saturated rings. The Kier molecular flexibility index (Phi) is 6.68. The molecule has 0 aliphatic rings. The molecule has 0 amide bonds. The van der Waals surface area contributed by atoms with Crippen LogP contribution >= 0.6 is 0 Å². The second-order valence-electron chi connectivity index (χ2n) is 3.99. The van der Waals surface area contributed by atoms with Gasteiger partial charge in [-0.3, -0.25) is 5.73 Å². The van der Waals surface area contributed by atoms with Crippen LogP contribution in [0.4, 0.5) is 0 Å². The molecule has 0 aliphatic carbocycles. The highest BCUT2D eigenvalue weighted by Crippen LogP contribution is 2.20. The van der Waals surface area contributed by atoms with Gasteiger partial charge in [-0.25, -0.2) is 8.37 Å². The molecule has 0 aromatic carbocycles. The van der Waals surface area contributed by atoms with Crippen molar-refractivity contribution in [2.45, 2.75) is 31.6 Å².